The molecule has 0 heterocycles. The smallest absolute Gasteiger partial charge is 0.00653 e. The Morgan fingerprint density at radius 3 is 1.65 bits per heavy atom. The molecule has 1 unspecified atom stereocenters. The van der Waals surface area contributed by atoms with Crippen LogP contribution in [0.2, 0.25) is 0 Å². The normalized spacial score (nSPS) is 13.4. The van der Waals surface area contributed by atoms with Gasteiger partial charge in [0.05, 0.1) is 0 Å². The minimum absolute atomic E-state index is 0.136. The van der Waals surface area contributed by atoms with E-state index in [0.29, 0.717) is 0 Å². The van der Waals surface area contributed by atoms with Gasteiger partial charge in [0.2, 0.25) is 0 Å². The van der Waals surface area contributed by atoms with Crippen LogP contribution in [0, 0.1) is 5.41 Å². The summed E-state index contributed by atoms with van der Waals surface area (Å²) < 4.78 is 0. The van der Waals surface area contributed by atoms with Gasteiger partial charge in [-0.2, -0.15) is 0 Å². The van der Waals surface area contributed by atoms with Crippen molar-refractivity contribution in [3.63, 3.8) is 0 Å². The lowest BCUT2D eigenvalue weighted by molar-refractivity contribution is 0.347. The van der Waals surface area contributed by atoms with Crippen LogP contribution in [0.3, 0.4) is 0 Å². The maximum atomic E-state index is 6.19. The Morgan fingerprint density at radius 1 is 0.900 bits per heavy atom. The van der Waals surface area contributed by atoms with Gasteiger partial charge in [-0.25, -0.2) is 0 Å². The summed E-state index contributed by atoms with van der Waals surface area (Å²) in [6.45, 7) is 6.67. The van der Waals surface area contributed by atoms with Gasteiger partial charge in [0.1, 0.15) is 0 Å². The highest BCUT2D eigenvalue weighted by Gasteiger charge is 2.28. The molecule has 20 heavy (non-hydrogen) atoms. The Kier molecular flexibility index (Phi) is 4.96. The summed E-state index contributed by atoms with van der Waals surface area (Å²) in [7, 11) is -0.351. The van der Waals surface area contributed by atoms with E-state index in [2.05, 4.69) is 81.4 Å². The Bertz CT molecular complexity index is 480. The molecule has 0 saturated heterocycles. The molecule has 0 fully saturated rings. The Hall–Kier alpha value is -1.17. The fourth-order valence-electron chi connectivity index (χ4n) is 2.10. The lowest BCUT2D eigenvalue weighted by atomic mass is 9.88. The fourth-order valence-corrected chi connectivity index (χ4v) is 4.93. The van der Waals surface area contributed by atoms with Crippen LogP contribution in [0.25, 0.3) is 0 Å². The summed E-state index contributed by atoms with van der Waals surface area (Å²) in [6.07, 6.45) is 1.12. The topological polar surface area (TPSA) is 26.0 Å². The van der Waals surface area contributed by atoms with Crippen LogP contribution in [0.1, 0.15) is 20.8 Å². The number of benzene rings is 2. The molecule has 2 aromatic rings. The van der Waals surface area contributed by atoms with Crippen molar-refractivity contribution in [1.82, 2.24) is 0 Å². The van der Waals surface area contributed by atoms with Crippen LogP contribution in [0.15, 0.2) is 60.7 Å². The average molecular weight is 285 g/mol. The summed E-state index contributed by atoms with van der Waals surface area (Å²) in [5.41, 5.74) is 6.32. The van der Waals surface area contributed by atoms with Gasteiger partial charge in [-0.3, -0.25) is 0 Å². The van der Waals surface area contributed by atoms with E-state index < -0.39 is 0 Å². The van der Waals surface area contributed by atoms with Gasteiger partial charge in [0.25, 0.3) is 0 Å². The maximum Gasteiger partial charge on any atom is 0.00653 e. The highest BCUT2D eigenvalue weighted by molar-refractivity contribution is 7.73. The first kappa shape index (κ1) is 15.2. The van der Waals surface area contributed by atoms with E-state index in [0.717, 1.165) is 6.16 Å². The molecule has 2 heteroatoms. The van der Waals surface area contributed by atoms with Crippen LogP contribution >= 0.6 is 7.92 Å². The van der Waals surface area contributed by atoms with Crippen molar-refractivity contribution in [1.29, 1.82) is 0 Å². The molecule has 0 bridgehead atoms. The summed E-state index contributed by atoms with van der Waals surface area (Å²) >= 11 is 0. The van der Waals surface area contributed by atoms with Gasteiger partial charge < -0.3 is 5.73 Å². The van der Waals surface area contributed by atoms with Crippen LogP contribution in [0.5, 0.6) is 0 Å². The Labute approximate surface area is 124 Å². The number of hydrogen-bond donors (Lipinski definition) is 1. The molecule has 0 radical (unpaired) electrons. The molecule has 0 aromatic heterocycles. The van der Waals surface area contributed by atoms with E-state index in [1.165, 1.54) is 10.6 Å². The van der Waals surface area contributed by atoms with Crippen LogP contribution in [0.4, 0.5) is 0 Å². The zero-order valence-corrected chi connectivity index (χ0v) is 13.5. The van der Waals surface area contributed by atoms with Crippen LogP contribution in [-0.2, 0) is 0 Å². The zero-order chi connectivity index (χ0) is 14.6. The van der Waals surface area contributed by atoms with Crippen molar-refractivity contribution in [3.05, 3.63) is 60.7 Å². The number of rotatable bonds is 5. The van der Waals surface area contributed by atoms with Gasteiger partial charge in [0.15, 0.2) is 0 Å². The SMILES string of the molecule is CC(N)C(C)(C)CP(c1ccccc1)c1ccccc1. The van der Waals surface area contributed by atoms with Gasteiger partial charge in [0, 0.05) is 6.04 Å². The first-order valence-corrected chi connectivity index (χ1v) is 8.66. The summed E-state index contributed by atoms with van der Waals surface area (Å²) in [5.74, 6) is 0. The lowest BCUT2D eigenvalue weighted by Gasteiger charge is -2.33. The second-order valence-electron chi connectivity index (χ2n) is 6.03. The standard InChI is InChI=1S/C18H24NP/c1-15(19)18(2,3)14-20(16-10-6-4-7-11-16)17-12-8-5-9-13-17/h4-13,15H,14,19H2,1-3H3. The lowest BCUT2D eigenvalue weighted by Crippen LogP contribution is -2.38. The van der Waals surface area contributed by atoms with Crippen LogP contribution in [-0.4, -0.2) is 12.2 Å². The molecule has 0 aliphatic heterocycles. The summed E-state index contributed by atoms with van der Waals surface area (Å²) in [6, 6.07) is 21.9. The first-order valence-electron chi connectivity index (χ1n) is 7.14. The molecular weight excluding hydrogens is 261 g/mol. The third-order valence-corrected chi connectivity index (χ3v) is 6.91. The number of nitrogens with two attached hydrogens (primary N) is 1. The largest absolute Gasteiger partial charge is 0.327 e. The quantitative estimate of drug-likeness (QED) is 0.836. The van der Waals surface area contributed by atoms with E-state index in [1.807, 2.05) is 0 Å². The third kappa shape index (κ3) is 3.69. The molecule has 0 spiro atoms. The molecule has 2 aromatic carbocycles. The summed E-state index contributed by atoms with van der Waals surface area (Å²) in [4.78, 5) is 0. The van der Waals surface area contributed by atoms with E-state index in [1.54, 1.807) is 0 Å². The highest BCUT2D eigenvalue weighted by atomic mass is 31.1. The van der Waals surface area contributed by atoms with Crippen molar-refractivity contribution in [3.8, 4) is 0 Å². The molecule has 0 aliphatic carbocycles. The van der Waals surface area contributed by atoms with E-state index in [9.17, 15) is 0 Å². The zero-order valence-electron chi connectivity index (χ0n) is 12.6. The summed E-state index contributed by atoms with van der Waals surface area (Å²) in [5, 5.41) is 2.87. The second-order valence-corrected chi connectivity index (χ2v) is 8.24. The van der Waals surface area contributed by atoms with Crippen molar-refractivity contribution in [2.24, 2.45) is 11.1 Å². The van der Waals surface area contributed by atoms with Gasteiger partial charge in [-0.15, -0.1) is 0 Å². The molecule has 0 saturated carbocycles. The Morgan fingerprint density at radius 2 is 1.30 bits per heavy atom. The van der Waals surface area contributed by atoms with Gasteiger partial charge >= 0.3 is 0 Å². The fraction of sp³-hybridized carbons (Fsp3) is 0.333. The van der Waals surface area contributed by atoms with Gasteiger partial charge in [-0.1, -0.05) is 74.5 Å². The van der Waals surface area contributed by atoms with E-state index >= 15 is 0 Å². The molecule has 106 valence electrons. The predicted octanol–water partition coefficient (Wildman–Crippen LogP) is 3.49. The second kappa shape index (κ2) is 6.52. The predicted molar refractivity (Wildman–Crippen MR) is 91.4 cm³/mol. The number of hydrogen-bond acceptors (Lipinski definition) is 1. The maximum absolute atomic E-state index is 6.19. The molecule has 1 nitrogen and oxygen atoms in total. The molecule has 0 amide bonds. The van der Waals surface area contributed by atoms with Crippen molar-refractivity contribution >= 4 is 18.5 Å². The Balaban J connectivity index is 2.36. The third-order valence-electron chi connectivity index (χ3n) is 3.93. The monoisotopic (exact) mass is 285 g/mol. The molecular formula is C18H24NP. The molecule has 2 N–H and O–H groups in total. The van der Waals surface area contributed by atoms with Crippen molar-refractivity contribution < 1.29 is 0 Å². The van der Waals surface area contributed by atoms with E-state index in [-0.39, 0.29) is 19.4 Å². The molecule has 1 atom stereocenters. The van der Waals surface area contributed by atoms with Crippen molar-refractivity contribution in [2.45, 2.75) is 26.8 Å². The average Bonchev–Trinajstić information content (AvgIpc) is 2.46. The minimum atomic E-state index is -0.351. The van der Waals surface area contributed by atoms with E-state index in [4.69, 9.17) is 5.73 Å². The molecule has 2 rings (SSSR count). The minimum Gasteiger partial charge on any atom is -0.327 e. The van der Waals surface area contributed by atoms with Crippen LogP contribution < -0.4 is 16.3 Å². The van der Waals surface area contributed by atoms with Gasteiger partial charge in [-0.05, 0) is 37.0 Å². The van der Waals surface area contributed by atoms with Crippen molar-refractivity contribution in [2.75, 3.05) is 6.16 Å². The highest BCUT2D eigenvalue weighted by Crippen LogP contribution is 2.41. The molecule has 0 aliphatic rings. The first-order chi connectivity index (χ1) is 9.50.